The van der Waals surface area contributed by atoms with Crippen molar-refractivity contribution in [1.82, 2.24) is 0 Å². The van der Waals surface area contributed by atoms with Crippen LogP contribution in [0.15, 0.2) is 6.07 Å². The van der Waals surface area contributed by atoms with Gasteiger partial charge in [0.25, 0.3) is 0 Å². The molecule has 1 aromatic carbocycles. The lowest BCUT2D eigenvalue weighted by molar-refractivity contribution is 0.265. The molecule has 0 heterocycles. The second kappa shape index (κ2) is 4.31. The van der Waals surface area contributed by atoms with E-state index in [0.717, 1.165) is 6.07 Å². The Labute approximate surface area is 89.9 Å². The molecule has 0 saturated carbocycles. The molecule has 0 amide bonds. The molecular weight excluding hydrogens is 232 g/mol. The summed E-state index contributed by atoms with van der Waals surface area (Å²) in [5.74, 6) is -1.19. The minimum Gasteiger partial charge on any atom is -0.506 e. The number of hydrogen-bond donors (Lipinski definition) is 3. The van der Waals surface area contributed by atoms with E-state index in [0.29, 0.717) is 0 Å². The highest BCUT2D eigenvalue weighted by Crippen LogP contribution is 2.37. The van der Waals surface area contributed by atoms with Crippen molar-refractivity contribution in [2.24, 2.45) is 5.73 Å². The van der Waals surface area contributed by atoms with Gasteiger partial charge in [-0.05, 0) is 6.07 Å². The van der Waals surface area contributed by atoms with Gasteiger partial charge in [0.05, 0.1) is 22.7 Å². The summed E-state index contributed by atoms with van der Waals surface area (Å²) in [6.07, 6.45) is 0. The SMILES string of the molecule is NC(CO)c1c(O)c(Cl)cc(F)c1Cl. The van der Waals surface area contributed by atoms with Gasteiger partial charge in [0, 0.05) is 5.56 Å². The van der Waals surface area contributed by atoms with Gasteiger partial charge in [-0.1, -0.05) is 23.2 Å². The highest BCUT2D eigenvalue weighted by atomic mass is 35.5. The molecule has 6 heteroatoms. The Morgan fingerprint density at radius 1 is 1.50 bits per heavy atom. The van der Waals surface area contributed by atoms with Crippen molar-refractivity contribution >= 4 is 23.2 Å². The molecule has 0 bridgehead atoms. The maximum Gasteiger partial charge on any atom is 0.143 e. The van der Waals surface area contributed by atoms with Gasteiger partial charge in [-0.2, -0.15) is 0 Å². The lowest BCUT2D eigenvalue weighted by Crippen LogP contribution is -2.15. The molecule has 0 radical (unpaired) electrons. The van der Waals surface area contributed by atoms with Crippen LogP contribution in [0.25, 0.3) is 0 Å². The fourth-order valence-corrected chi connectivity index (χ4v) is 1.52. The first-order valence-electron chi connectivity index (χ1n) is 3.71. The van der Waals surface area contributed by atoms with E-state index in [9.17, 15) is 9.50 Å². The zero-order valence-corrected chi connectivity index (χ0v) is 8.48. The van der Waals surface area contributed by atoms with Crippen LogP contribution in [-0.2, 0) is 0 Å². The molecule has 1 aromatic rings. The lowest BCUT2D eigenvalue weighted by atomic mass is 10.1. The number of halogens is 3. The van der Waals surface area contributed by atoms with Gasteiger partial charge >= 0.3 is 0 Å². The molecule has 0 fully saturated rings. The third-order valence-corrected chi connectivity index (χ3v) is 2.42. The molecule has 0 saturated heterocycles. The fourth-order valence-electron chi connectivity index (χ4n) is 1.03. The van der Waals surface area contributed by atoms with Crippen molar-refractivity contribution in [2.45, 2.75) is 6.04 Å². The lowest BCUT2D eigenvalue weighted by Gasteiger charge is -2.14. The highest BCUT2D eigenvalue weighted by Gasteiger charge is 2.20. The number of hydrogen-bond acceptors (Lipinski definition) is 3. The predicted molar refractivity (Wildman–Crippen MR) is 52.1 cm³/mol. The second-order valence-electron chi connectivity index (χ2n) is 2.71. The Morgan fingerprint density at radius 3 is 2.57 bits per heavy atom. The normalized spacial score (nSPS) is 12.9. The van der Waals surface area contributed by atoms with E-state index in [4.69, 9.17) is 34.0 Å². The Kier molecular flexibility index (Phi) is 3.55. The van der Waals surface area contributed by atoms with Gasteiger partial charge in [0.1, 0.15) is 11.6 Å². The molecule has 1 unspecified atom stereocenters. The molecule has 0 aliphatic rings. The highest BCUT2D eigenvalue weighted by molar-refractivity contribution is 6.35. The number of aliphatic hydroxyl groups is 1. The van der Waals surface area contributed by atoms with E-state index in [1.807, 2.05) is 0 Å². The maximum absolute atomic E-state index is 13.1. The van der Waals surface area contributed by atoms with Crippen LogP contribution in [0, 0.1) is 5.82 Å². The minimum absolute atomic E-state index is 0.0841. The van der Waals surface area contributed by atoms with Crippen molar-refractivity contribution in [1.29, 1.82) is 0 Å². The van der Waals surface area contributed by atoms with Crippen LogP contribution in [0.3, 0.4) is 0 Å². The summed E-state index contributed by atoms with van der Waals surface area (Å²) >= 11 is 11.1. The average Bonchev–Trinajstić information content (AvgIpc) is 2.15. The molecule has 78 valence electrons. The number of rotatable bonds is 2. The summed E-state index contributed by atoms with van der Waals surface area (Å²) in [7, 11) is 0. The first-order chi connectivity index (χ1) is 6.49. The van der Waals surface area contributed by atoms with Crippen molar-refractivity contribution in [3.05, 3.63) is 27.5 Å². The summed E-state index contributed by atoms with van der Waals surface area (Å²) in [5.41, 5.74) is 5.33. The average molecular weight is 240 g/mol. The Morgan fingerprint density at radius 2 is 2.07 bits per heavy atom. The van der Waals surface area contributed by atoms with Crippen LogP contribution in [0.1, 0.15) is 11.6 Å². The summed E-state index contributed by atoms with van der Waals surface area (Å²) in [6.45, 7) is -0.465. The number of phenolic OH excluding ortho intramolecular Hbond substituents is 1. The predicted octanol–water partition coefficient (Wildman–Crippen LogP) is 1.83. The van der Waals surface area contributed by atoms with E-state index in [2.05, 4.69) is 0 Å². The molecule has 14 heavy (non-hydrogen) atoms. The number of aliphatic hydroxyl groups excluding tert-OH is 1. The number of phenols is 1. The van der Waals surface area contributed by atoms with Crippen molar-refractivity contribution in [3.8, 4) is 5.75 Å². The van der Waals surface area contributed by atoms with Crippen LogP contribution in [0.2, 0.25) is 10.0 Å². The third-order valence-electron chi connectivity index (χ3n) is 1.75. The Bertz CT molecular complexity index is 333. The Hall–Kier alpha value is -0.550. The van der Waals surface area contributed by atoms with Crippen LogP contribution in [-0.4, -0.2) is 16.8 Å². The third kappa shape index (κ3) is 1.93. The molecule has 0 aliphatic heterocycles. The number of aromatic hydroxyl groups is 1. The van der Waals surface area contributed by atoms with Gasteiger partial charge in [-0.15, -0.1) is 0 Å². The first-order valence-corrected chi connectivity index (χ1v) is 4.47. The van der Waals surface area contributed by atoms with Crippen molar-refractivity contribution in [2.75, 3.05) is 6.61 Å². The molecule has 3 nitrogen and oxygen atoms in total. The number of benzene rings is 1. The summed E-state index contributed by atoms with van der Waals surface area (Å²) < 4.78 is 13.1. The van der Waals surface area contributed by atoms with E-state index >= 15 is 0 Å². The zero-order chi connectivity index (χ0) is 10.9. The smallest absolute Gasteiger partial charge is 0.143 e. The summed E-state index contributed by atoms with van der Waals surface area (Å²) in [5, 5.41) is 17.7. The van der Waals surface area contributed by atoms with Gasteiger partial charge in [0.15, 0.2) is 0 Å². The largest absolute Gasteiger partial charge is 0.506 e. The van der Waals surface area contributed by atoms with E-state index in [-0.39, 0.29) is 15.6 Å². The molecule has 1 atom stereocenters. The van der Waals surface area contributed by atoms with Gasteiger partial charge in [-0.3, -0.25) is 0 Å². The van der Waals surface area contributed by atoms with E-state index in [1.165, 1.54) is 0 Å². The van der Waals surface area contributed by atoms with Gasteiger partial charge in [-0.25, -0.2) is 4.39 Å². The molecular formula is C8H8Cl2FNO2. The second-order valence-corrected chi connectivity index (χ2v) is 3.49. The Balaban J connectivity index is 3.39. The summed E-state index contributed by atoms with van der Waals surface area (Å²) in [6, 6.07) is -0.0806. The molecule has 4 N–H and O–H groups in total. The first kappa shape index (κ1) is 11.5. The topological polar surface area (TPSA) is 66.5 Å². The van der Waals surface area contributed by atoms with Crippen LogP contribution >= 0.6 is 23.2 Å². The van der Waals surface area contributed by atoms with Gasteiger partial charge < -0.3 is 15.9 Å². The number of nitrogens with two attached hydrogens (primary N) is 1. The zero-order valence-electron chi connectivity index (χ0n) is 6.97. The standard InChI is InChI=1S/C8H8Cl2FNO2/c9-3-1-4(11)7(10)6(8(3)14)5(12)2-13/h1,5,13-14H,2,12H2. The van der Waals surface area contributed by atoms with Crippen molar-refractivity contribution < 1.29 is 14.6 Å². The van der Waals surface area contributed by atoms with E-state index in [1.54, 1.807) is 0 Å². The quantitative estimate of drug-likeness (QED) is 0.691. The van der Waals surface area contributed by atoms with Crippen LogP contribution in [0.5, 0.6) is 5.75 Å². The van der Waals surface area contributed by atoms with Crippen LogP contribution in [0.4, 0.5) is 4.39 Å². The van der Waals surface area contributed by atoms with Crippen molar-refractivity contribution in [3.63, 3.8) is 0 Å². The minimum atomic E-state index is -0.962. The summed E-state index contributed by atoms with van der Waals surface area (Å²) in [4.78, 5) is 0. The monoisotopic (exact) mass is 239 g/mol. The molecule has 0 aliphatic carbocycles. The molecule has 1 rings (SSSR count). The molecule has 0 aromatic heterocycles. The fraction of sp³-hybridized carbons (Fsp3) is 0.250. The maximum atomic E-state index is 13.1. The van der Waals surface area contributed by atoms with Crippen LogP contribution < -0.4 is 5.73 Å². The van der Waals surface area contributed by atoms with E-state index < -0.39 is 24.2 Å². The molecule has 0 spiro atoms. The van der Waals surface area contributed by atoms with Gasteiger partial charge in [0.2, 0.25) is 0 Å².